The lowest BCUT2D eigenvalue weighted by Crippen LogP contribution is -2.37. The van der Waals surface area contributed by atoms with Crippen molar-refractivity contribution in [2.45, 2.75) is 59.4 Å². The summed E-state index contributed by atoms with van der Waals surface area (Å²) >= 11 is 0. The van der Waals surface area contributed by atoms with Crippen molar-refractivity contribution < 1.29 is 9.21 Å². The summed E-state index contributed by atoms with van der Waals surface area (Å²) in [7, 11) is 0. The number of carbonyl (C=O) groups excluding carboxylic acids is 1. The lowest BCUT2D eigenvalue weighted by molar-refractivity contribution is 0.0708. The Kier molecular flexibility index (Phi) is 6.68. The van der Waals surface area contributed by atoms with Gasteiger partial charge in [0.05, 0.1) is 17.0 Å². The first-order valence-corrected chi connectivity index (χ1v) is 12.4. The number of likely N-dealkylation sites (N-methyl/N-ethyl adjacent to an activating group) is 1. The fourth-order valence-electron chi connectivity index (χ4n) is 4.82. The van der Waals surface area contributed by atoms with E-state index in [1.165, 1.54) is 5.56 Å². The van der Waals surface area contributed by atoms with Gasteiger partial charge in [-0.3, -0.25) is 9.59 Å². The van der Waals surface area contributed by atoms with E-state index in [4.69, 9.17) is 4.42 Å². The van der Waals surface area contributed by atoms with Crippen LogP contribution < -0.4 is 5.43 Å². The Labute approximate surface area is 202 Å². The molecule has 5 heteroatoms. The summed E-state index contributed by atoms with van der Waals surface area (Å²) in [5.74, 6) is -0.0168. The van der Waals surface area contributed by atoms with Crippen LogP contribution in [-0.4, -0.2) is 41.9 Å². The van der Waals surface area contributed by atoms with Crippen molar-refractivity contribution in [3.05, 3.63) is 80.7 Å². The van der Waals surface area contributed by atoms with Crippen molar-refractivity contribution in [3.8, 4) is 0 Å². The van der Waals surface area contributed by atoms with E-state index in [9.17, 15) is 9.59 Å². The van der Waals surface area contributed by atoms with Crippen LogP contribution in [0.1, 0.15) is 80.4 Å². The van der Waals surface area contributed by atoms with E-state index >= 15 is 0 Å². The van der Waals surface area contributed by atoms with Crippen molar-refractivity contribution in [1.82, 2.24) is 9.80 Å². The largest absolute Gasteiger partial charge is 0.450 e. The molecule has 1 aromatic heterocycles. The molecule has 4 rings (SSSR count). The quantitative estimate of drug-likeness (QED) is 0.465. The Balaban J connectivity index is 1.86. The second-order valence-corrected chi connectivity index (χ2v) is 10.2. The molecule has 34 heavy (non-hydrogen) atoms. The van der Waals surface area contributed by atoms with E-state index < -0.39 is 6.04 Å². The van der Waals surface area contributed by atoms with Crippen LogP contribution in [0.5, 0.6) is 0 Å². The number of nitrogens with zero attached hydrogens (tertiary/aromatic N) is 2. The Bertz CT molecular complexity index is 1250. The number of benzene rings is 2. The first-order valence-electron chi connectivity index (χ1n) is 12.4. The normalized spacial score (nSPS) is 16.0. The SMILES string of the molecule is CCc1ccc2oc3c(c(=O)c2c1)C(c1ccc(C(C)(C)C)cc1)N(CCN(CC)CC)C3=O. The molecule has 1 unspecified atom stereocenters. The van der Waals surface area contributed by atoms with Crippen LogP contribution in [0.25, 0.3) is 11.0 Å². The van der Waals surface area contributed by atoms with Crippen molar-refractivity contribution >= 4 is 16.9 Å². The maximum Gasteiger partial charge on any atom is 0.290 e. The zero-order chi connectivity index (χ0) is 24.6. The molecule has 0 aliphatic carbocycles. The van der Waals surface area contributed by atoms with Gasteiger partial charge in [-0.2, -0.15) is 0 Å². The Morgan fingerprint density at radius 1 is 0.971 bits per heavy atom. The third kappa shape index (κ3) is 4.29. The summed E-state index contributed by atoms with van der Waals surface area (Å²) in [6, 6.07) is 13.6. The smallest absolute Gasteiger partial charge is 0.290 e. The van der Waals surface area contributed by atoms with Gasteiger partial charge in [0.2, 0.25) is 5.76 Å². The molecule has 0 saturated carbocycles. The Morgan fingerprint density at radius 3 is 2.24 bits per heavy atom. The lowest BCUT2D eigenvalue weighted by Gasteiger charge is -2.28. The van der Waals surface area contributed by atoms with Gasteiger partial charge in [-0.1, -0.05) is 71.9 Å². The highest BCUT2D eigenvalue weighted by Gasteiger charge is 2.42. The summed E-state index contributed by atoms with van der Waals surface area (Å²) in [6.07, 6.45) is 0.832. The van der Waals surface area contributed by atoms with E-state index in [0.29, 0.717) is 23.1 Å². The second kappa shape index (κ2) is 9.38. The van der Waals surface area contributed by atoms with Gasteiger partial charge in [0.1, 0.15) is 5.58 Å². The van der Waals surface area contributed by atoms with Crippen LogP contribution >= 0.6 is 0 Å². The van der Waals surface area contributed by atoms with Crippen LogP contribution in [0, 0.1) is 0 Å². The number of fused-ring (bicyclic) bond motifs is 2. The second-order valence-electron chi connectivity index (χ2n) is 10.2. The van der Waals surface area contributed by atoms with Crippen LogP contribution in [0.3, 0.4) is 0 Å². The van der Waals surface area contributed by atoms with Crippen LogP contribution in [0.2, 0.25) is 0 Å². The molecule has 1 aliphatic heterocycles. The van der Waals surface area contributed by atoms with Gasteiger partial charge in [0.15, 0.2) is 5.43 Å². The number of carbonyl (C=O) groups is 1. The molecule has 0 radical (unpaired) electrons. The molecule has 0 bridgehead atoms. The molecule has 0 spiro atoms. The zero-order valence-electron chi connectivity index (χ0n) is 21.3. The molecule has 3 aromatic rings. The van der Waals surface area contributed by atoms with Crippen molar-refractivity contribution in [3.63, 3.8) is 0 Å². The van der Waals surface area contributed by atoms with Crippen LogP contribution in [-0.2, 0) is 11.8 Å². The Morgan fingerprint density at radius 2 is 1.65 bits per heavy atom. The highest BCUT2D eigenvalue weighted by Crippen LogP contribution is 2.38. The molecular weight excluding hydrogens is 424 g/mol. The topological polar surface area (TPSA) is 53.8 Å². The van der Waals surface area contributed by atoms with E-state index in [-0.39, 0.29) is 22.5 Å². The molecule has 0 fully saturated rings. The maximum atomic E-state index is 13.8. The first kappa shape index (κ1) is 24.2. The summed E-state index contributed by atoms with van der Waals surface area (Å²) in [6.45, 7) is 16.0. The number of amides is 1. The molecule has 5 nitrogen and oxygen atoms in total. The van der Waals surface area contributed by atoms with Gasteiger partial charge in [0, 0.05) is 13.1 Å². The summed E-state index contributed by atoms with van der Waals surface area (Å²) < 4.78 is 6.11. The molecule has 0 saturated heterocycles. The molecule has 1 atom stereocenters. The molecule has 2 aromatic carbocycles. The van der Waals surface area contributed by atoms with Crippen molar-refractivity contribution in [1.29, 1.82) is 0 Å². The predicted octanol–water partition coefficient (Wildman–Crippen LogP) is 5.54. The maximum absolute atomic E-state index is 13.8. The minimum absolute atomic E-state index is 0.0240. The molecule has 2 heterocycles. The van der Waals surface area contributed by atoms with Gasteiger partial charge in [0.25, 0.3) is 5.91 Å². The first-order chi connectivity index (χ1) is 16.2. The highest BCUT2D eigenvalue weighted by atomic mass is 16.3. The fourth-order valence-corrected chi connectivity index (χ4v) is 4.82. The predicted molar refractivity (Wildman–Crippen MR) is 138 cm³/mol. The monoisotopic (exact) mass is 460 g/mol. The number of aryl methyl sites for hydroxylation is 1. The Hall–Kier alpha value is -2.92. The van der Waals surface area contributed by atoms with Gasteiger partial charge < -0.3 is 14.2 Å². The van der Waals surface area contributed by atoms with Gasteiger partial charge in [-0.05, 0) is 53.7 Å². The third-order valence-electron chi connectivity index (χ3n) is 7.08. The third-order valence-corrected chi connectivity index (χ3v) is 7.08. The van der Waals surface area contributed by atoms with Gasteiger partial charge in [-0.15, -0.1) is 0 Å². The highest BCUT2D eigenvalue weighted by molar-refractivity contribution is 5.99. The van der Waals surface area contributed by atoms with E-state index in [1.54, 1.807) is 0 Å². The number of hydrogen-bond acceptors (Lipinski definition) is 4. The van der Waals surface area contributed by atoms with Crippen LogP contribution in [0.15, 0.2) is 51.7 Å². The minimum Gasteiger partial charge on any atom is -0.450 e. The van der Waals surface area contributed by atoms with E-state index in [0.717, 1.165) is 37.2 Å². The standard InChI is InChI=1S/C29H36N2O3/c1-7-19-10-15-23-22(18-19)26(32)24-25(20-11-13-21(14-12-20)29(4,5)6)31(28(33)27(24)34-23)17-16-30(8-2)9-3/h10-15,18,25H,7-9,16-17H2,1-6H3. The average Bonchev–Trinajstić information content (AvgIpc) is 3.11. The molecule has 1 aliphatic rings. The molecular formula is C29H36N2O3. The van der Waals surface area contributed by atoms with Crippen molar-refractivity contribution in [2.75, 3.05) is 26.2 Å². The van der Waals surface area contributed by atoms with E-state index in [2.05, 4.69) is 70.7 Å². The fraction of sp³-hybridized carbons (Fsp3) is 0.448. The lowest BCUT2D eigenvalue weighted by atomic mass is 9.86. The van der Waals surface area contributed by atoms with E-state index in [1.807, 2.05) is 23.1 Å². The number of hydrogen-bond donors (Lipinski definition) is 0. The zero-order valence-corrected chi connectivity index (χ0v) is 21.3. The summed E-state index contributed by atoms with van der Waals surface area (Å²) in [5, 5.41) is 0.549. The van der Waals surface area contributed by atoms with Gasteiger partial charge >= 0.3 is 0 Å². The molecule has 1 amide bonds. The summed E-state index contributed by atoms with van der Waals surface area (Å²) in [4.78, 5) is 31.5. The van der Waals surface area contributed by atoms with Crippen molar-refractivity contribution in [2.24, 2.45) is 0 Å². The summed E-state index contributed by atoms with van der Waals surface area (Å²) in [5.41, 5.74) is 4.10. The number of rotatable bonds is 7. The minimum atomic E-state index is -0.446. The average molecular weight is 461 g/mol. The van der Waals surface area contributed by atoms with Gasteiger partial charge in [-0.25, -0.2) is 0 Å². The molecule has 180 valence electrons. The molecule has 0 N–H and O–H groups in total. The van der Waals surface area contributed by atoms with Crippen LogP contribution in [0.4, 0.5) is 0 Å².